The minimum Gasteiger partial charge on any atom is -0.479 e. The second-order valence-electron chi connectivity index (χ2n) is 7.71. The van der Waals surface area contributed by atoms with Crippen LogP contribution in [0.15, 0.2) is 12.7 Å². The van der Waals surface area contributed by atoms with Gasteiger partial charge in [-0.1, -0.05) is 0 Å². The summed E-state index contributed by atoms with van der Waals surface area (Å²) in [5.41, 5.74) is 5.75. The highest BCUT2D eigenvalue weighted by molar-refractivity contribution is 7.69. The molecule has 7 atom stereocenters. The molecule has 0 bridgehead atoms. The fraction of sp³-hybridized carbons (Fsp3) is 0.462. The van der Waals surface area contributed by atoms with Gasteiger partial charge in [0.15, 0.2) is 17.7 Å². The van der Waals surface area contributed by atoms with Crippen molar-refractivity contribution in [2.24, 2.45) is 0 Å². The van der Waals surface area contributed by atoms with E-state index in [2.05, 4.69) is 36.9 Å². The molecule has 42 heavy (non-hydrogen) atoms. The van der Waals surface area contributed by atoms with Gasteiger partial charge in [-0.3, -0.25) is 13.6 Å². The molecular weight excluding hydrogens is 670 g/mol. The average Bonchev–Trinajstić information content (AvgIpc) is 3.35. The lowest BCUT2D eigenvalue weighted by atomic mass is 10.1. The minimum absolute atomic E-state index is 0.00717. The highest BCUT2D eigenvalue weighted by Gasteiger charge is 2.51. The molecule has 0 aromatic carbocycles. The molecular formula is C13H19N5O20P4. The van der Waals surface area contributed by atoms with Crippen molar-refractivity contribution >= 4 is 60.2 Å². The van der Waals surface area contributed by atoms with E-state index in [1.54, 1.807) is 0 Å². The zero-order chi connectivity index (χ0) is 31.8. The smallest absolute Gasteiger partial charge is 0.479 e. The maximum atomic E-state index is 13.1. The van der Waals surface area contributed by atoms with Crippen LogP contribution in [0.2, 0.25) is 0 Å². The van der Waals surface area contributed by atoms with Crippen molar-refractivity contribution in [2.75, 3.05) is 12.3 Å². The van der Waals surface area contributed by atoms with Gasteiger partial charge in [-0.2, -0.15) is 12.9 Å². The van der Waals surface area contributed by atoms with E-state index in [0.29, 0.717) is 0 Å². The number of aliphatic hydroxyl groups excluding tert-OH is 2. The van der Waals surface area contributed by atoms with E-state index in [9.17, 15) is 47.8 Å². The predicted molar refractivity (Wildman–Crippen MR) is 124 cm³/mol. The van der Waals surface area contributed by atoms with Crippen LogP contribution in [0.3, 0.4) is 0 Å². The van der Waals surface area contributed by atoms with Gasteiger partial charge in [0, 0.05) is 0 Å². The molecule has 1 aliphatic heterocycles. The molecule has 0 aliphatic carbocycles. The maximum absolute atomic E-state index is 13.1. The second kappa shape index (κ2) is 12.4. The molecule has 10 N–H and O–H groups in total. The Kier molecular flexibility index (Phi) is 10.1. The molecule has 1 fully saturated rings. The third kappa shape index (κ3) is 8.42. The van der Waals surface area contributed by atoms with Crippen LogP contribution in [0, 0.1) is 0 Å². The van der Waals surface area contributed by atoms with Crippen molar-refractivity contribution in [3.05, 3.63) is 12.7 Å². The summed E-state index contributed by atoms with van der Waals surface area (Å²) in [4.78, 5) is 70.1. The zero-order valence-corrected chi connectivity index (χ0v) is 23.5. The minimum atomic E-state index is -6.38. The molecule has 3 heterocycles. The Morgan fingerprint density at radius 1 is 0.952 bits per heavy atom. The van der Waals surface area contributed by atoms with Gasteiger partial charge >= 0.3 is 43.2 Å². The number of phosphoric acid groups is 4. The van der Waals surface area contributed by atoms with E-state index < -0.39 is 80.5 Å². The quantitative estimate of drug-likeness (QED) is 0.0768. The normalized spacial score (nSPS) is 25.6. The molecule has 1 saturated heterocycles. The van der Waals surface area contributed by atoms with Gasteiger partial charge in [0.2, 0.25) is 0 Å². The number of carboxylic acids is 2. The monoisotopic (exact) mass is 689 g/mol. The molecule has 236 valence electrons. The molecule has 25 nitrogen and oxygen atoms in total. The van der Waals surface area contributed by atoms with E-state index in [-0.39, 0.29) is 17.0 Å². The van der Waals surface area contributed by atoms with Crippen molar-refractivity contribution in [2.45, 2.75) is 30.6 Å². The highest BCUT2D eigenvalue weighted by Crippen LogP contribution is 2.72. The van der Waals surface area contributed by atoms with Crippen LogP contribution >= 0.6 is 31.3 Å². The Hall–Kier alpha value is -2.27. The van der Waals surface area contributed by atoms with Gasteiger partial charge in [0.25, 0.3) is 6.10 Å². The molecule has 0 saturated carbocycles. The summed E-state index contributed by atoms with van der Waals surface area (Å²) in [5, 5.41) is 38.9. The Morgan fingerprint density at radius 2 is 1.55 bits per heavy atom. The number of anilines is 1. The van der Waals surface area contributed by atoms with E-state index in [1.807, 2.05) is 0 Å². The predicted octanol–water partition coefficient (Wildman–Crippen LogP) is -1.95. The summed E-state index contributed by atoms with van der Waals surface area (Å²) < 4.78 is 73.7. The first-order valence-corrected chi connectivity index (χ1v) is 16.3. The number of rotatable bonds is 14. The topological polar surface area (TPSA) is 389 Å². The fourth-order valence-electron chi connectivity index (χ4n) is 3.14. The summed E-state index contributed by atoms with van der Waals surface area (Å²) in [6.07, 6.45) is -8.11. The number of aromatic nitrogens is 4. The van der Waals surface area contributed by atoms with Crippen molar-refractivity contribution in [1.82, 2.24) is 19.5 Å². The molecule has 5 unspecified atom stereocenters. The van der Waals surface area contributed by atoms with Crippen LogP contribution in [0.1, 0.15) is 6.23 Å². The number of nitrogens with two attached hydrogens (primary N) is 1. The summed E-state index contributed by atoms with van der Waals surface area (Å²) in [6, 6.07) is 0. The van der Waals surface area contributed by atoms with E-state index in [1.165, 1.54) is 0 Å². The summed E-state index contributed by atoms with van der Waals surface area (Å²) in [5.74, 6) is -4.81. The fourth-order valence-corrected chi connectivity index (χ4v) is 8.21. The standard InChI is InChI=1S/C13H19N5O20P4/c14-9-5-10(16-2-15-9)18(3-17-5)11-7(20)6(19)4(34-11)1-33-42(32,35-8(12(21)22)13(23)24)38-41(30,31)37-40(28,29)36-39(25,26)27/h2-4,6-8,11,19-20H,1H2,(H,21,22)(H,23,24)(H,28,29)(H,30,31)(H2,14,15,16)(H2,25,26,27)/t4-,6?,7?,11-,42?/m1/s1. The van der Waals surface area contributed by atoms with Gasteiger partial charge in [0.1, 0.15) is 30.2 Å². The van der Waals surface area contributed by atoms with Gasteiger partial charge in [-0.25, -0.2) is 42.8 Å². The van der Waals surface area contributed by atoms with Crippen molar-refractivity contribution in [3.63, 3.8) is 0 Å². The van der Waals surface area contributed by atoms with Crippen LogP contribution < -0.4 is 5.73 Å². The number of fused-ring (bicyclic) bond motifs is 1. The number of hydrogen-bond donors (Lipinski definition) is 9. The lowest BCUT2D eigenvalue weighted by molar-refractivity contribution is -0.160. The SMILES string of the molecule is Nc1ncnc2c1ncn2[C@@H]1O[C@H](COP(=O)(OC(C(=O)O)C(=O)O)OP(=O)(O)OP(=O)(O)OP(=O)(O)O)C(O)C1O. The van der Waals surface area contributed by atoms with Crippen LogP contribution in [-0.2, 0) is 54.6 Å². The molecule has 0 radical (unpaired) electrons. The number of ether oxygens (including phenoxy) is 1. The largest absolute Gasteiger partial charge is 0.490 e. The number of carboxylic acid groups (broad SMARTS) is 2. The van der Waals surface area contributed by atoms with E-state index in [0.717, 1.165) is 17.2 Å². The van der Waals surface area contributed by atoms with E-state index in [4.69, 9.17) is 30.5 Å². The molecule has 2 aromatic heterocycles. The number of nitrogens with zero attached hydrogens (tertiary/aromatic N) is 4. The molecule has 29 heteroatoms. The van der Waals surface area contributed by atoms with Crippen LogP contribution in [0.25, 0.3) is 11.2 Å². The van der Waals surface area contributed by atoms with Crippen LogP contribution in [-0.4, -0.2) is 102 Å². The zero-order valence-electron chi connectivity index (χ0n) is 19.9. The first-order chi connectivity index (χ1) is 19.1. The molecule has 3 rings (SSSR count). The van der Waals surface area contributed by atoms with Crippen LogP contribution in [0.5, 0.6) is 0 Å². The number of hydrogen-bond acceptors (Lipinski definition) is 18. The number of phosphoric ester groups is 1. The first kappa shape index (κ1) is 34.2. The Morgan fingerprint density at radius 3 is 2.12 bits per heavy atom. The van der Waals surface area contributed by atoms with Crippen molar-refractivity contribution in [1.29, 1.82) is 0 Å². The van der Waals surface area contributed by atoms with Gasteiger partial charge in [-0.15, -0.1) is 0 Å². The summed E-state index contributed by atoms with van der Waals surface area (Å²) >= 11 is 0. The molecule has 0 spiro atoms. The third-order valence-electron chi connectivity index (χ3n) is 4.70. The summed E-state index contributed by atoms with van der Waals surface area (Å²) in [6.45, 7) is -1.31. The highest BCUT2D eigenvalue weighted by atomic mass is 31.3. The van der Waals surface area contributed by atoms with Crippen molar-refractivity contribution in [3.8, 4) is 0 Å². The van der Waals surface area contributed by atoms with Crippen molar-refractivity contribution < 1.29 is 94.6 Å². The number of carbonyl (C=O) groups is 2. The van der Waals surface area contributed by atoms with E-state index >= 15 is 0 Å². The number of aliphatic hydroxyl groups is 2. The number of nitrogen functional groups attached to an aromatic ring is 1. The maximum Gasteiger partial charge on any atom is 0.490 e. The lowest BCUT2D eigenvalue weighted by Gasteiger charge is -2.24. The summed E-state index contributed by atoms with van der Waals surface area (Å²) in [7, 11) is -24.5. The Balaban J connectivity index is 1.85. The second-order valence-corrected chi connectivity index (χ2v) is 13.9. The van der Waals surface area contributed by atoms with Gasteiger partial charge in [0.05, 0.1) is 12.9 Å². The first-order valence-electron chi connectivity index (χ1n) is 10.3. The van der Waals surface area contributed by atoms with Gasteiger partial charge < -0.3 is 50.5 Å². The average molecular weight is 689 g/mol. The van der Waals surface area contributed by atoms with Gasteiger partial charge in [-0.05, 0) is 0 Å². The Bertz CT molecular complexity index is 1530. The molecule has 2 aromatic rings. The Labute approximate surface area is 230 Å². The third-order valence-corrected chi connectivity index (χ3v) is 10.6. The number of aliphatic carboxylic acids is 2. The van der Waals surface area contributed by atoms with Crippen LogP contribution in [0.4, 0.5) is 5.82 Å². The number of imidazole rings is 1. The lowest BCUT2D eigenvalue weighted by Crippen LogP contribution is -2.35. The molecule has 0 amide bonds. The molecule has 1 aliphatic rings.